The summed E-state index contributed by atoms with van der Waals surface area (Å²) in [6.07, 6.45) is 1.70. The second kappa shape index (κ2) is 5.85. The number of hydrogen-bond acceptors (Lipinski definition) is 5. The minimum atomic E-state index is -0.227. The molecule has 0 aliphatic rings. The number of hydrogen-bond donors (Lipinski definition) is 0. The number of anilines is 2. The lowest BCUT2D eigenvalue weighted by Gasteiger charge is -2.27. The van der Waals surface area contributed by atoms with E-state index in [1.165, 1.54) is 16.9 Å². The fraction of sp³-hybridized carbons (Fsp3) is 0.235. The van der Waals surface area contributed by atoms with E-state index >= 15 is 0 Å². The second-order valence-electron chi connectivity index (χ2n) is 5.46. The molecule has 1 aromatic carbocycles. The summed E-state index contributed by atoms with van der Waals surface area (Å²) in [6.45, 7) is 6.22. The Labute approximate surface area is 133 Å². The van der Waals surface area contributed by atoms with Gasteiger partial charge in [0.05, 0.1) is 5.39 Å². The van der Waals surface area contributed by atoms with Gasteiger partial charge in [0.1, 0.15) is 4.83 Å². The van der Waals surface area contributed by atoms with Crippen molar-refractivity contribution in [2.45, 2.75) is 26.8 Å². The van der Waals surface area contributed by atoms with Crippen LogP contribution in [-0.4, -0.2) is 16.0 Å². The maximum absolute atomic E-state index is 12.2. The molecule has 0 N–H and O–H groups in total. The molecule has 112 valence electrons. The molecule has 0 unspecified atom stereocenters. The third-order valence-electron chi connectivity index (χ3n) is 3.42. The lowest BCUT2D eigenvalue weighted by Crippen LogP contribution is -2.27. The number of benzene rings is 1. The van der Waals surface area contributed by atoms with Crippen molar-refractivity contribution in [1.82, 2.24) is 9.97 Å². The van der Waals surface area contributed by atoms with Crippen molar-refractivity contribution in [1.29, 1.82) is 0 Å². The quantitative estimate of drug-likeness (QED) is 0.736. The molecule has 5 heteroatoms. The molecule has 0 aliphatic heterocycles. The number of rotatable bonds is 3. The lowest BCUT2D eigenvalue weighted by molar-refractivity contribution is 0.783. The predicted molar refractivity (Wildman–Crippen MR) is 92.1 cm³/mol. The van der Waals surface area contributed by atoms with Gasteiger partial charge in [-0.25, -0.2) is 4.98 Å². The van der Waals surface area contributed by atoms with Gasteiger partial charge < -0.3 is 4.90 Å². The topological polar surface area (TPSA) is 46.1 Å². The van der Waals surface area contributed by atoms with Crippen LogP contribution in [0, 0.1) is 6.92 Å². The first-order valence-electron chi connectivity index (χ1n) is 7.18. The molecule has 0 saturated heterocycles. The zero-order valence-corrected chi connectivity index (χ0v) is 13.6. The summed E-state index contributed by atoms with van der Waals surface area (Å²) >= 11 is 1.44. The Kier molecular flexibility index (Phi) is 3.90. The zero-order chi connectivity index (χ0) is 15.7. The van der Waals surface area contributed by atoms with Gasteiger partial charge in [-0.05, 0) is 45.0 Å². The summed E-state index contributed by atoms with van der Waals surface area (Å²) < 4.78 is 0. The summed E-state index contributed by atoms with van der Waals surface area (Å²) in [5, 5.41) is 1.25. The first kappa shape index (κ1) is 14.7. The van der Waals surface area contributed by atoms with Crippen LogP contribution in [0.25, 0.3) is 10.2 Å². The molecular weight excluding hydrogens is 294 g/mol. The van der Waals surface area contributed by atoms with E-state index in [0.29, 0.717) is 10.5 Å². The smallest absolute Gasteiger partial charge is 0.282 e. The molecular formula is C17H17N3OS. The average Bonchev–Trinajstić information content (AvgIpc) is 2.49. The number of aryl methyl sites for hydroxylation is 1. The molecule has 0 spiro atoms. The highest BCUT2D eigenvalue weighted by molar-refractivity contribution is 7.21. The minimum Gasteiger partial charge on any atom is -0.315 e. The van der Waals surface area contributed by atoms with E-state index in [0.717, 1.165) is 10.5 Å². The predicted octanol–water partition coefficient (Wildman–Crippen LogP) is 3.91. The van der Waals surface area contributed by atoms with E-state index in [-0.39, 0.29) is 11.6 Å². The maximum Gasteiger partial charge on any atom is 0.282 e. The average molecular weight is 311 g/mol. The molecule has 0 radical (unpaired) electrons. The van der Waals surface area contributed by atoms with Crippen molar-refractivity contribution in [2.24, 2.45) is 0 Å². The molecule has 0 bridgehead atoms. The van der Waals surface area contributed by atoms with Crippen LogP contribution < -0.4 is 10.5 Å². The number of aromatic nitrogens is 2. The second-order valence-corrected chi connectivity index (χ2v) is 6.41. The van der Waals surface area contributed by atoms with Crippen LogP contribution in [0.3, 0.4) is 0 Å². The molecule has 0 saturated carbocycles. The van der Waals surface area contributed by atoms with Crippen molar-refractivity contribution in [2.75, 3.05) is 4.90 Å². The largest absolute Gasteiger partial charge is 0.315 e. The van der Waals surface area contributed by atoms with Gasteiger partial charge in [0.2, 0.25) is 0 Å². The molecule has 22 heavy (non-hydrogen) atoms. The summed E-state index contributed by atoms with van der Waals surface area (Å²) in [4.78, 5) is 23.6. The molecule has 0 fully saturated rings. The van der Waals surface area contributed by atoms with Crippen LogP contribution in [0.5, 0.6) is 0 Å². The third-order valence-corrected chi connectivity index (χ3v) is 4.41. The van der Waals surface area contributed by atoms with Crippen molar-refractivity contribution in [3.8, 4) is 0 Å². The van der Waals surface area contributed by atoms with Gasteiger partial charge in [0.15, 0.2) is 5.13 Å². The van der Waals surface area contributed by atoms with E-state index in [1.807, 2.05) is 0 Å². The van der Waals surface area contributed by atoms with Crippen LogP contribution in [0.2, 0.25) is 0 Å². The highest BCUT2D eigenvalue weighted by Crippen LogP contribution is 2.31. The zero-order valence-electron chi connectivity index (χ0n) is 12.8. The Balaban J connectivity index is 2.17. The summed E-state index contributed by atoms with van der Waals surface area (Å²) in [5.74, 6) is 0. The number of fused-ring (bicyclic) bond motifs is 1. The van der Waals surface area contributed by atoms with Gasteiger partial charge in [-0.2, -0.15) is 4.98 Å². The third kappa shape index (κ3) is 2.72. The number of nitrogens with zero attached hydrogens (tertiary/aromatic N) is 3. The first-order chi connectivity index (χ1) is 10.6. The normalized spacial score (nSPS) is 11.1. The van der Waals surface area contributed by atoms with E-state index in [2.05, 4.69) is 59.9 Å². The highest BCUT2D eigenvalue weighted by Gasteiger charge is 2.17. The van der Waals surface area contributed by atoms with Gasteiger partial charge in [0.25, 0.3) is 5.56 Å². The van der Waals surface area contributed by atoms with Crippen molar-refractivity contribution in [3.63, 3.8) is 0 Å². The van der Waals surface area contributed by atoms with Crippen LogP contribution in [0.4, 0.5) is 10.8 Å². The van der Waals surface area contributed by atoms with Crippen LogP contribution in [-0.2, 0) is 0 Å². The molecule has 4 nitrogen and oxygen atoms in total. The molecule has 2 aromatic heterocycles. The SMILES string of the molecule is Cc1ccc(N(c2nc(=O)c3cccnc3s2)C(C)C)cc1. The Morgan fingerprint density at radius 3 is 2.55 bits per heavy atom. The lowest BCUT2D eigenvalue weighted by atomic mass is 10.2. The standard InChI is InChI=1S/C17H17N3OS/c1-11(2)20(13-8-6-12(3)7-9-13)17-19-15(21)14-5-4-10-18-16(14)22-17/h4-11H,1-3H3. The van der Waals surface area contributed by atoms with E-state index in [9.17, 15) is 4.79 Å². The molecule has 2 heterocycles. The van der Waals surface area contributed by atoms with Gasteiger partial charge in [0, 0.05) is 17.9 Å². The van der Waals surface area contributed by atoms with Gasteiger partial charge >= 0.3 is 0 Å². The van der Waals surface area contributed by atoms with E-state index < -0.39 is 0 Å². The van der Waals surface area contributed by atoms with Crippen molar-refractivity contribution >= 4 is 32.4 Å². The van der Waals surface area contributed by atoms with Gasteiger partial charge in [-0.1, -0.05) is 29.0 Å². The number of pyridine rings is 1. The van der Waals surface area contributed by atoms with Crippen LogP contribution in [0.1, 0.15) is 19.4 Å². The van der Waals surface area contributed by atoms with E-state index in [1.54, 1.807) is 18.3 Å². The van der Waals surface area contributed by atoms with E-state index in [4.69, 9.17) is 0 Å². The molecule has 0 aliphatic carbocycles. The monoisotopic (exact) mass is 311 g/mol. The highest BCUT2D eigenvalue weighted by atomic mass is 32.1. The summed E-state index contributed by atoms with van der Waals surface area (Å²) in [7, 11) is 0. The van der Waals surface area contributed by atoms with Gasteiger partial charge in [-0.15, -0.1) is 0 Å². The molecule has 0 amide bonds. The Morgan fingerprint density at radius 1 is 1.14 bits per heavy atom. The Hall–Kier alpha value is -2.27. The van der Waals surface area contributed by atoms with Gasteiger partial charge in [-0.3, -0.25) is 4.79 Å². The summed E-state index contributed by atoms with van der Waals surface area (Å²) in [5.41, 5.74) is 2.00. The maximum atomic E-state index is 12.2. The fourth-order valence-corrected chi connectivity index (χ4v) is 3.42. The minimum absolute atomic E-state index is 0.187. The molecule has 3 aromatic rings. The van der Waals surface area contributed by atoms with Crippen LogP contribution in [0.15, 0.2) is 47.4 Å². The summed E-state index contributed by atoms with van der Waals surface area (Å²) in [6, 6.07) is 11.9. The molecule has 3 rings (SSSR count). The molecule has 0 atom stereocenters. The Morgan fingerprint density at radius 2 is 1.86 bits per heavy atom. The van der Waals surface area contributed by atoms with Crippen molar-refractivity contribution in [3.05, 3.63) is 58.5 Å². The Bertz CT molecular complexity index is 856. The first-order valence-corrected chi connectivity index (χ1v) is 7.99. The van der Waals surface area contributed by atoms with Crippen molar-refractivity contribution < 1.29 is 0 Å². The fourth-order valence-electron chi connectivity index (χ4n) is 2.33. The van der Waals surface area contributed by atoms with Crippen LogP contribution >= 0.6 is 11.3 Å².